The van der Waals surface area contributed by atoms with Crippen LogP contribution in [0.2, 0.25) is 0 Å². The summed E-state index contributed by atoms with van der Waals surface area (Å²) in [7, 11) is 0. The molecule has 0 unspecified atom stereocenters. The van der Waals surface area contributed by atoms with Crippen LogP contribution in [0, 0.1) is 0 Å². The van der Waals surface area contributed by atoms with Gasteiger partial charge >= 0.3 is 5.97 Å². The fourth-order valence-electron chi connectivity index (χ4n) is 3.05. The zero-order valence-electron chi connectivity index (χ0n) is 16.9. The third-order valence-corrected chi connectivity index (χ3v) is 4.65. The van der Waals surface area contributed by atoms with Crippen LogP contribution in [-0.4, -0.2) is 48.8 Å². The summed E-state index contributed by atoms with van der Waals surface area (Å²) in [6, 6.07) is 0. The standard InChI is InChI=1S/C22H42O2.Ca/c1-2-3-4-5-6-7-8-9-10-11-12-13-14-15-16-17-18-19-20-21-22(23)24;/h9-10H,2-8,11-21H2,1H3,(H,23,24);. The van der Waals surface area contributed by atoms with Gasteiger partial charge in [0.25, 0.3) is 0 Å². The van der Waals surface area contributed by atoms with Crippen LogP contribution in [0.5, 0.6) is 0 Å². The molecule has 0 aliphatic carbocycles. The van der Waals surface area contributed by atoms with E-state index in [1.807, 2.05) is 0 Å². The van der Waals surface area contributed by atoms with Gasteiger partial charge in [-0.1, -0.05) is 96.1 Å². The quantitative estimate of drug-likeness (QED) is 0.145. The van der Waals surface area contributed by atoms with Gasteiger partial charge in [0, 0.05) is 44.2 Å². The predicted molar refractivity (Wildman–Crippen MR) is 111 cm³/mol. The Kier molecular flexibility index (Phi) is 27.1. The van der Waals surface area contributed by atoms with E-state index < -0.39 is 5.97 Å². The van der Waals surface area contributed by atoms with Crippen molar-refractivity contribution < 1.29 is 9.90 Å². The van der Waals surface area contributed by atoms with E-state index >= 15 is 0 Å². The van der Waals surface area contributed by atoms with Crippen molar-refractivity contribution in [1.29, 1.82) is 0 Å². The molecule has 25 heavy (non-hydrogen) atoms. The topological polar surface area (TPSA) is 37.3 Å². The predicted octanol–water partition coefficient (Wildman–Crippen LogP) is 7.29. The van der Waals surface area contributed by atoms with Crippen LogP contribution in [0.3, 0.4) is 0 Å². The van der Waals surface area contributed by atoms with Gasteiger partial charge in [-0.2, -0.15) is 0 Å². The molecule has 0 rings (SSSR count). The second kappa shape index (κ2) is 24.5. The second-order valence-electron chi connectivity index (χ2n) is 7.14. The van der Waals surface area contributed by atoms with Crippen molar-refractivity contribution in [3.05, 3.63) is 12.2 Å². The Bertz CT molecular complexity index is 290. The van der Waals surface area contributed by atoms with E-state index in [0.717, 1.165) is 12.8 Å². The van der Waals surface area contributed by atoms with Crippen molar-refractivity contribution in [2.24, 2.45) is 0 Å². The van der Waals surface area contributed by atoms with Gasteiger partial charge in [-0.25, -0.2) is 0 Å². The smallest absolute Gasteiger partial charge is 0.303 e. The number of aliphatic carboxylic acids is 1. The Morgan fingerprint density at radius 2 is 1.00 bits per heavy atom. The fourth-order valence-corrected chi connectivity index (χ4v) is 3.05. The van der Waals surface area contributed by atoms with E-state index in [1.54, 1.807) is 0 Å². The number of unbranched alkanes of at least 4 members (excludes halogenated alkanes) is 15. The summed E-state index contributed by atoms with van der Waals surface area (Å²) >= 11 is 0. The van der Waals surface area contributed by atoms with E-state index in [-0.39, 0.29) is 37.7 Å². The zero-order valence-corrected chi connectivity index (χ0v) is 19.2. The van der Waals surface area contributed by atoms with Gasteiger partial charge in [0.2, 0.25) is 0 Å². The third-order valence-electron chi connectivity index (χ3n) is 4.65. The molecule has 2 radical (unpaired) electrons. The Hall–Kier alpha value is 0.470. The number of hydrogen-bond acceptors (Lipinski definition) is 1. The Labute approximate surface area is 187 Å². The summed E-state index contributed by atoms with van der Waals surface area (Å²) in [5, 5.41) is 8.55. The molecule has 0 aromatic rings. The van der Waals surface area contributed by atoms with Crippen LogP contribution in [0.1, 0.15) is 122 Å². The number of allylic oxidation sites excluding steroid dienone is 2. The molecule has 0 spiro atoms. The van der Waals surface area contributed by atoms with E-state index in [9.17, 15) is 4.79 Å². The van der Waals surface area contributed by atoms with E-state index in [4.69, 9.17) is 5.11 Å². The fraction of sp³-hybridized carbons (Fsp3) is 0.864. The molecule has 0 amide bonds. The maximum absolute atomic E-state index is 10.4. The summed E-state index contributed by atoms with van der Waals surface area (Å²) in [5.41, 5.74) is 0. The number of carboxylic acid groups (broad SMARTS) is 1. The largest absolute Gasteiger partial charge is 0.481 e. The van der Waals surface area contributed by atoms with Gasteiger partial charge in [0.05, 0.1) is 0 Å². The molecule has 0 saturated carbocycles. The van der Waals surface area contributed by atoms with Crippen molar-refractivity contribution in [3.63, 3.8) is 0 Å². The van der Waals surface area contributed by atoms with E-state index in [2.05, 4.69) is 19.1 Å². The molecule has 0 atom stereocenters. The molecule has 0 aliphatic rings. The van der Waals surface area contributed by atoms with Crippen molar-refractivity contribution in [2.45, 2.75) is 122 Å². The molecule has 2 nitrogen and oxygen atoms in total. The molecule has 0 saturated heterocycles. The summed E-state index contributed by atoms with van der Waals surface area (Å²) in [4.78, 5) is 10.4. The molecular formula is C22H42CaO2. The van der Waals surface area contributed by atoms with Gasteiger partial charge in [-0.15, -0.1) is 0 Å². The van der Waals surface area contributed by atoms with Crippen LogP contribution in [0.25, 0.3) is 0 Å². The first kappa shape index (κ1) is 27.7. The average molecular weight is 379 g/mol. The summed E-state index contributed by atoms with van der Waals surface area (Å²) < 4.78 is 0. The molecule has 0 aromatic carbocycles. The molecule has 144 valence electrons. The van der Waals surface area contributed by atoms with Gasteiger partial charge in [-0.05, 0) is 32.1 Å². The van der Waals surface area contributed by atoms with Gasteiger partial charge in [0.15, 0.2) is 0 Å². The van der Waals surface area contributed by atoms with E-state index in [0.29, 0.717) is 6.42 Å². The Balaban J connectivity index is 0. The zero-order chi connectivity index (χ0) is 17.7. The van der Waals surface area contributed by atoms with Gasteiger partial charge in [-0.3, -0.25) is 4.79 Å². The normalized spacial score (nSPS) is 10.9. The summed E-state index contributed by atoms with van der Waals surface area (Å²) in [5.74, 6) is -0.656. The maximum atomic E-state index is 10.4. The molecule has 3 heteroatoms. The molecule has 1 N–H and O–H groups in total. The number of carboxylic acids is 1. The minimum absolute atomic E-state index is 0. The Morgan fingerprint density at radius 1 is 0.640 bits per heavy atom. The van der Waals surface area contributed by atoms with Gasteiger partial charge < -0.3 is 5.11 Å². The first-order chi connectivity index (χ1) is 11.8. The van der Waals surface area contributed by atoms with Crippen LogP contribution >= 0.6 is 0 Å². The summed E-state index contributed by atoms with van der Waals surface area (Å²) in [6.45, 7) is 2.27. The molecule has 0 bridgehead atoms. The van der Waals surface area contributed by atoms with Crippen molar-refractivity contribution in [2.75, 3.05) is 0 Å². The molecule has 0 fully saturated rings. The molecule has 0 heterocycles. The first-order valence-corrected chi connectivity index (χ1v) is 10.6. The number of carbonyl (C=O) groups is 1. The Morgan fingerprint density at radius 3 is 1.40 bits per heavy atom. The molecule has 0 aliphatic heterocycles. The monoisotopic (exact) mass is 378 g/mol. The van der Waals surface area contributed by atoms with Crippen molar-refractivity contribution in [3.8, 4) is 0 Å². The second-order valence-corrected chi connectivity index (χ2v) is 7.14. The average Bonchev–Trinajstić information content (AvgIpc) is 2.56. The van der Waals surface area contributed by atoms with Crippen LogP contribution in [-0.2, 0) is 4.79 Å². The maximum Gasteiger partial charge on any atom is 0.303 e. The van der Waals surface area contributed by atoms with Crippen molar-refractivity contribution in [1.82, 2.24) is 0 Å². The van der Waals surface area contributed by atoms with E-state index in [1.165, 1.54) is 96.3 Å². The van der Waals surface area contributed by atoms with Crippen LogP contribution < -0.4 is 0 Å². The molecule has 0 aromatic heterocycles. The first-order valence-electron chi connectivity index (χ1n) is 10.6. The number of hydrogen-bond donors (Lipinski definition) is 1. The minimum Gasteiger partial charge on any atom is -0.481 e. The van der Waals surface area contributed by atoms with Crippen LogP contribution in [0.15, 0.2) is 12.2 Å². The third kappa shape index (κ3) is 26.8. The number of rotatable bonds is 19. The molecular weight excluding hydrogens is 336 g/mol. The van der Waals surface area contributed by atoms with Gasteiger partial charge in [0.1, 0.15) is 0 Å². The minimum atomic E-state index is -0.656. The SMILES string of the molecule is CCCCCCCCC=CCCCCCCCCCCCC(=O)O.[Ca]. The summed E-state index contributed by atoms with van der Waals surface area (Å²) in [6.07, 6.45) is 27.1. The van der Waals surface area contributed by atoms with Crippen LogP contribution in [0.4, 0.5) is 0 Å². The van der Waals surface area contributed by atoms with Crippen molar-refractivity contribution >= 4 is 43.7 Å².